The lowest BCUT2D eigenvalue weighted by Gasteiger charge is -2.72. The zero-order chi connectivity index (χ0) is 31.6. The molecule has 8 heteroatoms. The van der Waals surface area contributed by atoms with Crippen LogP contribution in [0.4, 0.5) is 4.39 Å². The van der Waals surface area contributed by atoms with Gasteiger partial charge in [0.1, 0.15) is 6.10 Å². The van der Waals surface area contributed by atoms with E-state index in [1.807, 2.05) is 13.8 Å². The molecule has 2 N–H and O–H groups in total. The van der Waals surface area contributed by atoms with Gasteiger partial charge < -0.3 is 14.9 Å². The number of hydrogen-bond acceptors (Lipinski definition) is 6. The van der Waals surface area contributed by atoms with Crippen LogP contribution in [0.1, 0.15) is 132 Å². The molecule has 5 aliphatic rings. The van der Waals surface area contributed by atoms with Crippen LogP contribution < -0.4 is 0 Å². The molecule has 5 fully saturated rings. The van der Waals surface area contributed by atoms with E-state index in [9.17, 15) is 14.7 Å². The monoisotopic (exact) mass is 604 g/mol. The Bertz CT molecular complexity index is 1130. The number of aliphatic hydroxyl groups excluding tert-OH is 1. The molecule has 5 saturated carbocycles. The van der Waals surface area contributed by atoms with Gasteiger partial charge in [-0.2, -0.15) is 10.2 Å². The molecule has 7 nitrogen and oxygen atoms in total. The number of carboxylic acid groups (broad SMARTS) is 1. The summed E-state index contributed by atoms with van der Waals surface area (Å²) >= 11 is 0. The molecule has 0 aromatic rings. The van der Waals surface area contributed by atoms with Crippen molar-refractivity contribution in [1.29, 1.82) is 0 Å². The topological polar surface area (TPSA) is 109 Å². The molecule has 0 amide bonds. The molecule has 0 saturated heterocycles. The summed E-state index contributed by atoms with van der Waals surface area (Å²) in [6, 6.07) is 0. The van der Waals surface area contributed by atoms with Gasteiger partial charge in [0, 0.05) is 10.8 Å². The van der Waals surface area contributed by atoms with Gasteiger partial charge in [-0.3, -0.25) is 9.59 Å². The predicted octanol–water partition coefficient (Wildman–Crippen LogP) is 8.34. The van der Waals surface area contributed by atoms with Gasteiger partial charge in [0.05, 0.1) is 12.8 Å². The van der Waals surface area contributed by atoms with E-state index in [1.165, 1.54) is 0 Å². The average Bonchev–Trinajstić information content (AvgIpc) is 3.34. The Balaban J connectivity index is 1.36. The van der Waals surface area contributed by atoms with Crippen molar-refractivity contribution in [2.45, 2.75) is 144 Å². The minimum absolute atomic E-state index is 0.0579. The molecule has 0 bridgehead atoms. The van der Waals surface area contributed by atoms with E-state index in [-0.39, 0.29) is 46.6 Å². The van der Waals surface area contributed by atoms with Gasteiger partial charge in [0.25, 0.3) is 0 Å². The summed E-state index contributed by atoms with van der Waals surface area (Å²) in [7, 11) is 0. The second-order valence-corrected chi connectivity index (χ2v) is 17.4. The van der Waals surface area contributed by atoms with Crippen molar-refractivity contribution in [3.05, 3.63) is 0 Å². The maximum atomic E-state index is 15.7. The van der Waals surface area contributed by atoms with Gasteiger partial charge >= 0.3 is 11.9 Å². The number of carboxylic acids is 1. The highest BCUT2D eigenvalue weighted by Gasteiger charge is 2.71. The fourth-order valence-corrected chi connectivity index (χ4v) is 12.5. The Morgan fingerprint density at radius 3 is 2.28 bits per heavy atom. The van der Waals surface area contributed by atoms with E-state index in [0.29, 0.717) is 23.7 Å². The standard InChI is InChI=1S/C35H57FN2O5/c1-30(2,19-27(40)41)20-28(42)43-26-13-15-32(5)24(31(26,3)4)12-16-34(7)25(32)11-10-22-23-9-8-14-35(23,18-17-33(22,34)6)29(36)38-37-21-39/h22-26,29,39H,8-21H2,1-7H3,(H,40,41)/t22-,23-,24?,25?,26+,29?,32+,33-,34-,35+/m1/s1. The number of nitrogens with zero attached hydrogens (tertiary/aromatic N) is 2. The van der Waals surface area contributed by atoms with Crippen LogP contribution in [0, 0.1) is 56.2 Å². The van der Waals surface area contributed by atoms with E-state index >= 15 is 4.39 Å². The highest BCUT2D eigenvalue weighted by Crippen LogP contribution is 2.77. The molecule has 10 atom stereocenters. The largest absolute Gasteiger partial charge is 0.481 e. The zero-order valence-corrected chi connectivity index (χ0v) is 27.8. The average molecular weight is 605 g/mol. The number of halogens is 1. The molecule has 5 aliphatic carbocycles. The van der Waals surface area contributed by atoms with Crippen LogP contribution in [-0.2, 0) is 14.3 Å². The summed E-state index contributed by atoms with van der Waals surface area (Å²) in [5.41, 5.74) is -0.814. The Hall–Kier alpha value is -1.57. The molecule has 43 heavy (non-hydrogen) atoms. The fourth-order valence-electron chi connectivity index (χ4n) is 12.5. The van der Waals surface area contributed by atoms with Crippen molar-refractivity contribution < 1.29 is 28.9 Å². The van der Waals surface area contributed by atoms with Crippen LogP contribution in [0.5, 0.6) is 0 Å². The number of ether oxygens (including phenoxy) is 1. The Kier molecular flexibility index (Phi) is 8.43. The molecular formula is C35H57FN2O5. The van der Waals surface area contributed by atoms with Crippen molar-refractivity contribution in [1.82, 2.24) is 0 Å². The third kappa shape index (κ3) is 5.08. The van der Waals surface area contributed by atoms with Gasteiger partial charge in [-0.05, 0) is 110 Å². The molecular weight excluding hydrogens is 547 g/mol. The molecule has 244 valence electrons. The summed E-state index contributed by atoms with van der Waals surface area (Å²) in [5, 5.41) is 26.0. The van der Waals surface area contributed by atoms with Crippen molar-refractivity contribution in [3.63, 3.8) is 0 Å². The van der Waals surface area contributed by atoms with E-state index in [2.05, 4.69) is 44.8 Å². The second kappa shape index (κ2) is 11.0. The van der Waals surface area contributed by atoms with E-state index in [0.717, 1.165) is 70.6 Å². The first-order valence-electron chi connectivity index (χ1n) is 17.0. The summed E-state index contributed by atoms with van der Waals surface area (Å²) in [6.45, 7) is 15.4. The molecule has 5 rings (SSSR count). The highest BCUT2D eigenvalue weighted by molar-refractivity contribution is 5.73. The second-order valence-electron chi connectivity index (χ2n) is 17.4. The lowest BCUT2D eigenvalue weighted by molar-refractivity contribution is -0.251. The minimum atomic E-state index is -1.33. The van der Waals surface area contributed by atoms with Crippen LogP contribution in [0.25, 0.3) is 0 Å². The van der Waals surface area contributed by atoms with Gasteiger partial charge in [-0.25, -0.2) is 4.39 Å². The summed E-state index contributed by atoms with van der Waals surface area (Å²) in [5.74, 6) is 0.614. The number of azo groups is 1. The third-order valence-electron chi connectivity index (χ3n) is 14.6. The maximum absolute atomic E-state index is 15.7. The molecule has 0 aliphatic heterocycles. The third-order valence-corrected chi connectivity index (χ3v) is 14.6. The molecule has 0 aromatic heterocycles. The number of carbonyl (C=O) groups is 2. The van der Waals surface area contributed by atoms with Crippen LogP contribution >= 0.6 is 0 Å². The Morgan fingerprint density at radius 1 is 0.884 bits per heavy atom. The van der Waals surface area contributed by atoms with Crippen molar-refractivity contribution in [2.24, 2.45) is 66.4 Å². The first-order valence-corrected chi connectivity index (χ1v) is 17.0. The predicted molar refractivity (Wildman–Crippen MR) is 163 cm³/mol. The number of carbonyl (C=O) groups excluding carboxylic acids is 1. The first kappa shape index (κ1) is 32.8. The summed E-state index contributed by atoms with van der Waals surface area (Å²) in [6.07, 6.45) is 9.81. The molecule has 0 heterocycles. The maximum Gasteiger partial charge on any atom is 0.306 e. The van der Waals surface area contributed by atoms with Crippen molar-refractivity contribution in [2.75, 3.05) is 6.73 Å². The van der Waals surface area contributed by atoms with Crippen LogP contribution in [0.3, 0.4) is 0 Å². The Morgan fingerprint density at radius 2 is 1.60 bits per heavy atom. The van der Waals surface area contributed by atoms with Crippen molar-refractivity contribution in [3.8, 4) is 0 Å². The quantitative estimate of drug-likeness (QED) is 0.164. The lowest BCUT2D eigenvalue weighted by Crippen LogP contribution is -2.66. The van der Waals surface area contributed by atoms with Crippen molar-refractivity contribution >= 4 is 11.9 Å². The van der Waals surface area contributed by atoms with Crippen LogP contribution in [0.2, 0.25) is 0 Å². The number of rotatable bonds is 8. The molecule has 0 aromatic carbocycles. The smallest absolute Gasteiger partial charge is 0.306 e. The molecule has 0 spiro atoms. The minimum Gasteiger partial charge on any atom is -0.481 e. The highest BCUT2D eigenvalue weighted by atomic mass is 19.1. The van der Waals surface area contributed by atoms with E-state index in [4.69, 9.17) is 9.84 Å². The SMILES string of the molecule is CC(C)(CC(=O)O)CC(=O)O[C@H]1CC[C@@]2(C)C(CC[C@]3(C)C2CC[C@@H]2[C@H]4CCC[C@]4(C(F)N=NCO)CC[C@]23C)C1(C)C. The molecule has 3 unspecified atom stereocenters. The number of aliphatic carboxylic acids is 1. The van der Waals surface area contributed by atoms with Gasteiger partial charge in [0.2, 0.25) is 6.30 Å². The lowest BCUT2D eigenvalue weighted by atomic mass is 9.32. The zero-order valence-electron chi connectivity index (χ0n) is 27.8. The molecule has 0 radical (unpaired) electrons. The number of alkyl halides is 1. The Labute approximate surface area is 258 Å². The summed E-state index contributed by atoms with van der Waals surface area (Å²) in [4.78, 5) is 24.4. The van der Waals surface area contributed by atoms with Gasteiger partial charge in [0.15, 0.2) is 6.73 Å². The van der Waals surface area contributed by atoms with E-state index in [1.54, 1.807) is 0 Å². The number of fused-ring (bicyclic) bond motifs is 7. The fraction of sp³-hybridized carbons (Fsp3) is 0.943. The normalized spacial score (nSPS) is 44.5. The number of aliphatic hydroxyl groups is 1. The van der Waals surface area contributed by atoms with E-state index < -0.39 is 29.8 Å². The van der Waals surface area contributed by atoms with Gasteiger partial charge in [-0.1, -0.05) is 54.9 Å². The van der Waals surface area contributed by atoms with Crippen LogP contribution in [-0.4, -0.2) is 41.3 Å². The number of esters is 1. The first-order chi connectivity index (χ1) is 20.0. The summed E-state index contributed by atoms with van der Waals surface area (Å²) < 4.78 is 21.9. The number of hydrogen-bond donors (Lipinski definition) is 2. The van der Waals surface area contributed by atoms with Crippen LogP contribution in [0.15, 0.2) is 10.2 Å². The van der Waals surface area contributed by atoms with Gasteiger partial charge in [-0.15, -0.1) is 0 Å².